The molecule has 3 heterocycles. The summed E-state index contributed by atoms with van der Waals surface area (Å²) in [5.41, 5.74) is 1.65. The molecule has 0 saturated carbocycles. The zero-order valence-corrected chi connectivity index (χ0v) is 13.9. The molecule has 2 aromatic rings. The number of benzene rings is 1. The molecule has 1 aromatic carbocycles. The van der Waals surface area contributed by atoms with E-state index in [-0.39, 0.29) is 23.4 Å². The van der Waals surface area contributed by atoms with Crippen LogP contribution in [0.2, 0.25) is 0 Å². The summed E-state index contributed by atoms with van der Waals surface area (Å²) < 4.78 is 13.6. The van der Waals surface area contributed by atoms with Gasteiger partial charge in [-0.25, -0.2) is 0 Å². The van der Waals surface area contributed by atoms with Gasteiger partial charge in [-0.15, -0.1) is 0 Å². The maximum atomic E-state index is 13.1. The van der Waals surface area contributed by atoms with Gasteiger partial charge >= 0.3 is 0 Å². The highest BCUT2D eigenvalue weighted by molar-refractivity contribution is 7.71. The molecule has 2 atom stereocenters. The summed E-state index contributed by atoms with van der Waals surface area (Å²) in [6, 6.07) is 7.90. The highest BCUT2D eigenvalue weighted by Crippen LogP contribution is 2.45. The van der Waals surface area contributed by atoms with E-state index in [1.165, 1.54) is 0 Å². The highest BCUT2D eigenvalue weighted by atomic mass is 32.1. The number of hydrogen-bond donors (Lipinski definition) is 1. The van der Waals surface area contributed by atoms with Gasteiger partial charge in [-0.1, -0.05) is 18.2 Å². The average Bonchev–Trinajstić information content (AvgIpc) is 2.53. The lowest BCUT2D eigenvalue weighted by Crippen LogP contribution is -2.40. The molecule has 120 valence electrons. The molecule has 23 heavy (non-hydrogen) atoms. The molecule has 6 heteroatoms. The summed E-state index contributed by atoms with van der Waals surface area (Å²) in [6.45, 7) is 4.98. The van der Waals surface area contributed by atoms with Crippen molar-refractivity contribution in [2.75, 3.05) is 13.2 Å². The van der Waals surface area contributed by atoms with Gasteiger partial charge in [0, 0.05) is 23.4 Å². The van der Waals surface area contributed by atoms with Crippen LogP contribution in [0.4, 0.5) is 0 Å². The van der Waals surface area contributed by atoms with Crippen molar-refractivity contribution in [2.45, 2.75) is 25.8 Å². The van der Waals surface area contributed by atoms with Crippen molar-refractivity contribution in [1.82, 2.24) is 9.55 Å². The van der Waals surface area contributed by atoms with Crippen LogP contribution in [0.1, 0.15) is 36.9 Å². The minimum absolute atomic E-state index is 0.00740. The fourth-order valence-corrected chi connectivity index (χ4v) is 3.93. The number of ether oxygens (including phenoxy) is 2. The van der Waals surface area contributed by atoms with Crippen LogP contribution in [0, 0.1) is 10.7 Å². The first-order chi connectivity index (χ1) is 11.1. The zero-order valence-electron chi connectivity index (χ0n) is 13.0. The Balaban J connectivity index is 2.00. The maximum absolute atomic E-state index is 13.1. The third kappa shape index (κ3) is 2.12. The third-order valence-corrected chi connectivity index (χ3v) is 4.88. The largest absolute Gasteiger partial charge is 0.493 e. The number of rotatable bonds is 1. The highest BCUT2D eigenvalue weighted by Gasteiger charge is 2.40. The van der Waals surface area contributed by atoms with Crippen molar-refractivity contribution in [2.24, 2.45) is 5.92 Å². The quantitative estimate of drug-likeness (QED) is 0.817. The van der Waals surface area contributed by atoms with E-state index in [1.54, 1.807) is 4.57 Å². The second kappa shape index (κ2) is 5.23. The first-order valence-corrected chi connectivity index (χ1v) is 8.22. The van der Waals surface area contributed by atoms with E-state index in [4.69, 9.17) is 21.7 Å². The zero-order chi connectivity index (χ0) is 16.1. The molecule has 4 rings (SSSR count). The average molecular weight is 330 g/mol. The summed E-state index contributed by atoms with van der Waals surface area (Å²) in [5.74, 6) is 1.47. The molecule has 0 unspecified atom stereocenters. The molecule has 2 aliphatic rings. The van der Waals surface area contributed by atoms with Crippen molar-refractivity contribution >= 4 is 12.2 Å². The Labute approximate surface area is 138 Å². The minimum Gasteiger partial charge on any atom is -0.493 e. The van der Waals surface area contributed by atoms with Gasteiger partial charge in [0.25, 0.3) is 5.56 Å². The molecule has 0 bridgehead atoms. The number of H-pyrrole nitrogens is 1. The van der Waals surface area contributed by atoms with E-state index < -0.39 is 0 Å². The fourth-order valence-electron chi connectivity index (χ4n) is 3.54. The van der Waals surface area contributed by atoms with E-state index in [2.05, 4.69) is 4.98 Å². The number of hydrogen-bond acceptors (Lipinski definition) is 4. The molecule has 0 fully saturated rings. The third-order valence-electron chi connectivity index (χ3n) is 4.58. The monoisotopic (exact) mass is 330 g/mol. The molecule has 0 radical (unpaired) electrons. The minimum atomic E-state index is -0.0647. The molecule has 0 amide bonds. The topological polar surface area (TPSA) is 56.2 Å². The summed E-state index contributed by atoms with van der Waals surface area (Å²) in [7, 11) is 0. The van der Waals surface area contributed by atoms with E-state index in [9.17, 15) is 4.79 Å². The van der Waals surface area contributed by atoms with Crippen LogP contribution in [-0.4, -0.2) is 22.8 Å². The van der Waals surface area contributed by atoms with Crippen molar-refractivity contribution in [1.29, 1.82) is 0 Å². The Morgan fingerprint density at radius 1 is 1.26 bits per heavy atom. The van der Waals surface area contributed by atoms with Crippen LogP contribution in [0.15, 0.2) is 29.1 Å². The summed E-state index contributed by atoms with van der Waals surface area (Å²) in [4.78, 5) is 16.2. The van der Waals surface area contributed by atoms with Gasteiger partial charge in [-0.2, -0.15) is 0 Å². The second-order valence-corrected chi connectivity index (χ2v) is 6.73. The predicted molar refractivity (Wildman–Crippen MR) is 89.0 cm³/mol. The van der Waals surface area contributed by atoms with Crippen molar-refractivity contribution in [3.05, 3.63) is 50.5 Å². The van der Waals surface area contributed by atoms with Gasteiger partial charge in [0.15, 0.2) is 4.77 Å². The Morgan fingerprint density at radius 3 is 2.78 bits per heavy atom. The van der Waals surface area contributed by atoms with Gasteiger partial charge in [0.2, 0.25) is 5.88 Å². The number of aromatic amines is 1. The Morgan fingerprint density at radius 2 is 2.00 bits per heavy atom. The Bertz CT molecular complexity index is 884. The lowest BCUT2D eigenvalue weighted by molar-refractivity contribution is 0.120. The van der Waals surface area contributed by atoms with Gasteiger partial charge in [-0.3, -0.25) is 9.36 Å². The van der Waals surface area contributed by atoms with Crippen LogP contribution in [0.3, 0.4) is 0 Å². The second-order valence-electron chi connectivity index (χ2n) is 6.34. The normalized spacial score (nSPS) is 21.7. The van der Waals surface area contributed by atoms with Crippen molar-refractivity contribution in [3.63, 3.8) is 0 Å². The number of nitrogens with one attached hydrogen (secondary N) is 1. The van der Waals surface area contributed by atoms with E-state index in [0.29, 0.717) is 29.4 Å². The smallest absolute Gasteiger partial charge is 0.262 e. The first-order valence-electron chi connectivity index (χ1n) is 7.81. The molecule has 1 aromatic heterocycles. The molecule has 0 saturated heterocycles. The van der Waals surface area contributed by atoms with Crippen LogP contribution >= 0.6 is 12.2 Å². The standard InChI is InChI=1S/C17H18N2O3S/c1-9(2)19-16(20)14-13-10(8-22-15(14)18-17(19)23)7-21-12-6-4-3-5-11(12)13/h3-6,9-10,13H,7-8H2,1-2H3,(H,18,23)/t10-,13-/m0/s1. The SMILES string of the molecule is CC(C)n1c(=S)[nH]c2c(c1=O)[C@@H]1c3ccccc3OC[C@H]1CO2. The van der Waals surface area contributed by atoms with E-state index >= 15 is 0 Å². The lowest BCUT2D eigenvalue weighted by Gasteiger charge is -2.37. The van der Waals surface area contributed by atoms with Gasteiger partial charge < -0.3 is 14.5 Å². The molecule has 0 aliphatic carbocycles. The molecular weight excluding hydrogens is 312 g/mol. The lowest BCUT2D eigenvalue weighted by atomic mass is 9.79. The molecule has 0 spiro atoms. The van der Waals surface area contributed by atoms with Gasteiger partial charge in [0.05, 0.1) is 18.8 Å². The molecule has 1 N–H and O–H groups in total. The van der Waals surface area contributed by atoms with E-state index in [0.717, 1.165) is 11.3 Å². The summed E-state index contributed by atoms with van der Waals surface area (Å²) >= 11 is 5.33. The van der Waals surface area contributed by atoms with Gasteiger partial charge in [0.1, 0.15) is 5.75 Å². The summed E-state index contributed by atoms with van der Waals surface area (Å²) in [5, 5.41) is 0. The number of para-hydroxylation sites is 1. The molecular formula is C17H18N2O3S. The molecule has 2 aliphatic heterocycles. The van der Waals surface area contributed by atoms with Crippen LogP contribution in [-0.2, 0) is 0 Å². The van der Waals surface area contributed by atoms with Gasteiger partial charge in [-0.05, 0) is 32.1 Å². The number of nitrogens with zero attached hydrogens (tertiary/aromatic N) is 1. The Hall–Kier alpha value is -2.08. The van der Waals surface area contributed by atoms with E-state index in [1.807, 2.05) is 38.1 Å². The Kier molecular flexibility index (Phi) is 3.30. The summed E-state index contributed by atoms with van der Waals surface area (Å²) in [6.07, 6.45) is 0. The van der Waals surface area contributed by atoms with Crippen LogP contribution in [0.5, 0.6) is 11.6 Å². The molecule has 5 nitrogen and oxygen atoms in total. The number of aromatic nitrogens is 2. The maximum Gasteiger partial charge on any atom is 0.262 e. The van der Waals surface area contributed by atoms with Crippen molar-refractivity contribution < 1.29 is 9.47 Å². The predicted octanol–water partition coefficient (Wildman–Crippen LogP) is 3.02. The van der Waals surface area contributed by atoms with Crippen LogP contribution in [0.25, 0.3) is 0 Å². The fraction of sp³-hybridized carbons (Fsp3) is 0.412. The number of fused-ring (bicyclic) bond motifs is 5. The van der Waals surface area contributed by atoms with Crippen LogP contribution < -0.4 is 15.0 Å². The van der Waals surface area contributed by atoms with Crippen molar-refractivity contribution in [3.8, 4) is 11.6 Å². The first kappa shape index (κ1) is 14.5.